The van der Waals surface area contributed by atoms with Crippen molar-refractivity contribution in [2.75, 3.05) is 6.61 Å². The summed E-state index contributed by atoms with van der Waals surface area (Å²) < 4.78 is 31.7. The van der Waals surface area contributed by atoms with Gasteiger partial charge in [-0.15, -0.1) is 0 Å². The maximum atomic E-state index is 13.6. The maximum Gasteiger partial charge on any atom is 0.200 e. The van der Waals surface area contributed by atoms with Crippen LogP contribution in [0.5, 0.6) is 11.5 Å². The average Bonchev–Trinajstić information content (AvgIpc) is 2.44. The Morgan fingerprint density at radius 3 is 2.45 bits per heavy atom. The fourth-order valence-corrected chi connectivity index (χ4v) is 1.79. The molecule has 0 aliphatic heterocycles. The van der Waals surface area contributed by atoms with E-state index in [2.05, 4.69) is 0 Å². The molecule has 0 fully saturated rings. The Bertz CT molecular complexity index is 721. The molecular weight excluding hydrogens is 294 g/mol. The van der Waals surface area contributed by atoms with Crippen molar-refractivity contribution < 1.29 is 28.2 Å². The molecule has 2 rings (SSSR count). The Hall–Kier alpha value is -2.76. The Labute approximate surface area is 125 Å². The molecule has 0 heterocycles. The first-order valence-corrected chi connectivity index (χ1v) is 6.33. The van der Waals surface area contributed by atoms with Gasteiger partial charge in [0.05, 0.1) is 0 Å². The van der Waals surface area contributed by atoms with Crippen molar-refractivity contribution in [3.05, 3.63) is 59.2 Å². The number of phenolic OH excluding ortho intramolecular Hbond substituents is 1. The lowest BCUT2D eigenvalue weighted by Crippen LogP contribution is -2.13. The highest BCUT2D eigenvalue weighted by molar-refractivity contribution is 5.97. The molecule has 0 saturated carbocycles. The summed E-state index contributed by atoms with van der Waals surface area (Å²) in [5.74, 6) is -3.04. The van der Waals surface area contributed by atoms with Crippen LogP contribution in [0.3, 0.4) is 0 Å². The van der Waals surface area contributed by atoms with E-state index in [9.17, 15) is 23.5 Å². The minimum atomic E-state index is -0.770. The van der Waals surface area contributed by atoms with E-state index in [1.807, 2.05) is 0 Å². The monoisotopic (exact) mass is 306 g/mol. The number of hydrogen-bond acceptors (Lipinski definition) is 4. The summed E-state index contributed by atoms with van der Waals surface area (Å²) in [6.07, 6.45) is 0. The number of rotatable bonds is 5. The third kappa shape index (κ3) is 3.66. The van der Waals surface area contributed by atoms with Crippen molar-refractivity contribution in [2.24, 2.45) is 0 Å². The normalized spacial score (nSPS) is 10.3. The van der Waals surface area contributed by atoms with Crippen molar-refractivity contribution in [1.82, 2.24) is 0 Å². The first kappa shape index (κ1) is 15.6. The summed E-state index contributed by atoms with van der Waals surface area (Å²) in [6.45, 7) is 0.763. The number of ether oxygens (including phenoxy) is 1. The van der Waals surface area contributed by atoms with Crippen LogP contribution >= 0.6 is 0 Å². The number of hydrogen-bond donors (Lipinski definition) is 1. The number of carbonyl (C=O) groups excluding carboxylic acids is 2. The van der Waals surface area contributed by atoms with Gasteiger partial charge in [-0.25, -0.2) is 8.78 Å². The van der Waals surface area contributed by atoms with Crippen LogP contribution in [0.15, 0.2) is 36.4 Å². The number of aromatic hydroxyl groups is 1. The molecule has 0 atom stereocenters. The van der Waals surface area contributed by atoms with Crippen molar-refractivity contribution in [1.29, 1.82) is 0 Å². The smallest absolute Gasteiger partial charge is 0.200 e. The summed E-state index contributed by atoms with van der Waals surface area (Å²) in [5, 5.41) is 9.24. The van der Waals surface area contributed by atoms with Gasteiger partial charge in [0.15, 0.2) is 29.7 Å². The van der Waals surface area contributed by atoms with Gasteiger partial charge >= 0.3 is 0 Å². The van der Waals surface area contributed by atoms with Gasteiger partial charge < -0.3 is 9.84 Å². The number of halogens is 2. The van der Waals surface area contributed by atoms with Crippen molar-refractivity contribution in [3.8, 4) is 11.5 Å². The van der Waals surface area contributed by atoms with Gasteiger partial charge in [0.1, 0.15) is 11.6 Å². The van der Waals surface area contributed by atoms with Crippen LogP contribution in [0.2, 0.25) is 0 Å². The lowest BCUT2D eigenvalue weighted by atomic mass is 10.1. The molecule has 6 heteroatoms. The quantitative estimate of drug-likeness (QED) is 0.862. The standard InChI is InChI=1S/C16H12F2O4/c1-9(19)10-2-3-14(18)16(6-10)22-8-15(21)11-4-12(17)7-13(20)5-11/h2-7,20H,8H2,1H3. The molecule has 0 bridgehead atoms. The van der Waals surface area contributed by atoms with E-state index in [4.69, 9.17) is 4.74 Å². The highest BCUT2D eigenvalue weighted by Crippen LogP contribution is 2.20. The van der Waals surface area contributed by atoms with Crippen LogP contribution in [-0.4, -0.2) is 23.3 Å². The van der Waals surface area contributed by atoms with E-state index >= 15 is 0 Å². The van der Waals surface area contributed by atoms with E-state index in [-0.39, 0.29) is 22.7 Å². The van der Waals surface area contributed by atoms with Crippen LogP contribution in [0.1, 0.15) is 27.6 Å². The Morgan fingerprint density at radius 2 is 1.82 bits per heavy atom. The highest BCUT2D eigenvalue weighted by Gasteiger charge is 2.13. The number of ketones is 2. The minimum Gasteiger partial charge on any atom is -0.508 e. The van der Waals surface area contributed by atoms with Gasteiger partial charge in [0, 0.05) is 17.2 Å². The molecule has 0 amide bonds. The summed E-state index contributed by atoms with van der Waals surface area (Å²) in [5.41, 5.74) is 0.146. The van der Waals surface area contributed by atoms with E-state index in [0.717, 1.165) is 24.3 Å². The van der Waals surface area contributed by atoms with Gasteiger partial charge in [-0.1, -0.05) is 0 Å². The summed E-state index contributed by atoms with van der Waals surface area (Å²) in [7, 11) is 0. The second-order valence-corrected chi connectivity index (χ2v) is 4.61. The Balaban J connectivity index is 2.14. The molecule has 22 heavy (non-hydrogen) atoms. The molecule has 0 unspecified atom stereocenters. The minimum absolute atomic E-state index is 0.0966. The predicted octanol–water partition coefficient (Wildman–Crippen LogP) is 3.13. The lowest BCUT2D eigenvalue weighted by molar-refractivity contribution is 0.0918. The second kappa shape index (κ2) is 6.34. The largest absolute Gasteiger partial charge is 0.508 e. The molecule has 0 aliphatic carbocycles. The predicted molar refractivity (Wildman–Crippen MR) is 74.3 cm³/mol. The number of phenols is 1. The zero-order valence-electron chi connectivity index (χ0n) is 11.6. The number of benzene rings is 2. The molecule has 0 aromatic heterocycles. The van der Waals surface area contributed by atoms with Crippen LogP contribution < -0.4 is 4.74 Å². The highest BCUT2D eigenvalue weighted by atomic mass is 19.1. The lowest BCUT2D eigenvalue weighted by Gasteiger charge is -2.08. The SMILES string of the molecule is CC(=O)c1ccc(F)c(OCC(=O)c2cc(O)cc(F)c2)c1. The summed E-state index contributed by atoms with van der Waals surface area (Å²) >= 11 is 0. The third-order valence-electron chi connectivity index (χ3n) is 2.90. The van der Waals surface area contributed by atoms with Crippen molar-refractivity contribution in [3.63, 3.8) is 0 Å². The van der Waals surface area contributed by atoms with Crippen LogP contribution in [0, 0.1) is 11.6 Å². The van der Waals surface area contributed by atoms with Crippen molar-refractivity contribution >= 4 is 11.6 Å². The molecule has 2 aromatic rings. The molecule has 4 nitrogen and oxygen atoms in total. The van der Waals surface area contributed by atoms with Crippen LogP contribution in [-0.2, 0) is 0 Å². The van der Waals surface area contributed by atoms with E-state index < -0.39 is 29.8 Å². The fourth-order valence-electron chi connectivity index (χ4n) is 1.79. The van der Waals surface area contributed by atoms with Gasteiger partial charge in [-0.05, 0) is 37.3 Å². The molecule has 0 aliphatic rings. The summed E-state index contributed by atoms with van der Waals surface area (Å²) in [6, 6.07) is 6.42. The van der Waals surface area contributed by atoms with Crippen LogP contribution in [0.4, 0.5) is 8.78 Å². The first-order chi connectivity index (χ1) is 10.4. The molecule has 0 radical (unpaired) electrons. The van der Waals surface area contributed by atoms with E-state index in [1.165, 1.54) is 19.1 Å². The molecular formula is C16H12F2O4. The fraction of sp³-hybridized carbons (Fsp3) is 0.125. The van der Waals surface area contributed by atoms with E-state index in [0.29, 0.717) is 0 Å². The van der Waals surface area contributed by atoms with Crippen molar-refractivity contribution in [2.45, 2.75) is 6.92 Å². The third-order valence-corrected chi connectivity index (χ3v) is 2.90. The Kier molecular flexibility index (Phi) is 4.50. The number of carbonyl (C=O) groups is 2. The molecule has 114 valence electrons. The van der Waals surface area contributed by atoms with Gasteiger partial charge in [-0.2, -0.15) is 0 Å². The molecule has 1 N–H and O–H groups in total. The average molecular weight is 306 g/mol. The van der Waals surface area contributed by atoms with Gasteiger partial charge in [0.2, 0.25) is 0 Å². The van der Waals surface area contributed by atoms with Crippen LogP contribution in [0.25, 0.3) is 0 Å². The second-order valence-electron chi connectivity index (χ2n) is 4.61. The van der Waals surface area contributed by atoms with E-state index in [1.54, 1.807) is 0 Å². The summed E-state index contributed by atoms with van der Waals surface area (Å²) in [4.78, 5) is 23.1. The number of Topliss-reactive ketones (excluding diaryl/α,β-unsaturated/α-hetero) is 2. The molecule has 0 spiro atoms. The zero-order valence-corrected chi connectivity index (χ0v) is 11.6. The molecule has 2 aromatic carbocycles. The topological polar surface area (TPSA) is 63.6 Å². The molecule has 0 saturated heterocycles. The maximum absolute atomic E-state index is 13.6. The van der Waals surface area contributed by atoms with Gasteiger partial charge in [-0.3, -0.25) is 9.59 Å². The Morgan fingerprint density at radius 1 is 1.09 bits per heavy atom. The first-order valence-electron chi connectivity index (χ1n) is 6.33. The van der Waals surface area contributed by atoms with Gasteiger partial charge in [0.25, 0.3) is 0 Å². The zero-order chi connectivity index (χ0) is 16.3.